The molecule has 0 aliphatic heterocycles. The maximum Gasteiger partial charge on any atom is 0.170 e. The van der Waals surface area contributed by atoms with Crippen molar-refractivity contribution >= 4 is 46.2 Å². The molecule has 0 aliphatic carbocycles. The smallest absolute Gasteiger partial charge is 0.170 e. The summed E-state index contributed by atoms with van der Waals surface area (Å²) in [6.45, 7) is 15.1. The lowest BCUT2D eigenvalue weighted by molar-refractivity contribution is 0.296. The van der Waals surface area contributed by atoms with Crippen molar-refractivity contribution < 1.29 is 4.74 Å². The van der Waals surface area contributed by atoms with Gasteiger partial charge in [0.2, 0.25) is 0 Å². The number of halogens is 2. The summed E-state index contributed by atoms with van der Waals surface area (Å²) in [5, 5.41) is 7.80. The van der Waals surface area contributed by atoms with Gasteiger partial charge in [0, 0.05) is 12.1 Å². The summed E-state index contributed by atoms with van der Waals surface area (Å²) in [4.78, 5) is 0. The number of hydrogen-bond donors (Lipinski definition) is 2. The molecule has 0 aliphatic rings. The molecule has 182 valence electrons. The number of benzene rings is 2. The monoisotopic (exact) mass is 508 g/mol. The van der Waals surface area contributed by atoms with E-state index in [1.165, 1.54) is 11.1 Å². The highest BCUT2D eigenvalue weighted by Crippen LogP contribution is 2.38. The number of anilines is 1. The highest BCUT2D eigenvalue weighted by atomic mass is 35.5. The van der Waals surface area contributed by atoms with E-state index in [9.17, 15) is 0 Å². The lowest BCUT2D eigenvalue weighted by atomic mass is 9.76. The molecule has 0 spiro atoms. The van der Waals surface area contributed by atoms with E-state index in [2.05, 4.69) is 70.4 Å². The lowest BCUT2D eigenvalue weighted by Gasteiger charge is -2.30. The van der Waals surface area contributed by atoms with Crippen LogP contribution in [0.1, 0.15) is 78.4 Å². The topological polar surface area (TPSA) is 33.3 Å². The third-order valence-corrected chi connectivity index (χ3v) is 7.64. The highest BCUT2D eigenvalue weighted by molar-refractivity contribution is 7.80. The van der Waals surface area contributed by atoms with Crippen molar-refractivity contribution in [1.29, 1.82) is 0 Å². The third kappa shape index (κ3) is 7.77. The van der Waals surface area contributed by atoms with Gasteiger partial charge in [-0.1, -0.05) is 82.9 Å². The van der Waals surface area contributed by atoms with Crippen LogP contribution >= 0.6 is 35.4 Å². The van der Waals surface area contributed by atoms with Crippen molar-refractivity contribution in [1.82, 2.24) is 5.32 Å². The fourth-order valence-electron chi connectivity index (χ4n) is 3.38. The van der Waals surface area contributed by atoms with Crippen molar-refractivity contribution in [3.63, 3.8) is 0 Å². The van der Waals surface area contributed by atoms with Crippen LogP contribution in [0, 0.1) is 0 Å². The Morgan fingerprint density at radius 1 is 0.970 bits per heavy atom. The van der Waals surface area contributed by atoms with Gasteiger partial charge in [-0.05, 0) is 72.5 Å². The van der Waals surface area contributed by atoms with E-state index in [4.69, 9.17) is 40.2 Å². The van der Waals surface area contributed by atoms with E-state index < -0.39 is 0 Å². The Balaban J connectivity index is 1.87. The van der Waals surface area contributed by atoms with Gasteiger partial charge < -0.3 is 15.4 Å². The fourth-order valence-corrected chi connectivity index (χ4v) is 3.94. The molecule has 2 aromatic carbocycles. The lowest BCUT2D eigenvalue weighted by Crippen LogP contribution is -2.29. The quantitative estimate of drug-likeness (QED) is 0.235. The van der Waals surface area contributed by atoms with Crippen LogP contribution in [-0.2, 0) is 10.8 Å². The molecular formula is C27H38Cl2N2OS. The van der Waals surface area contributed by atoms with E-state index in [0.717, 1.165) is 38.0 Å². The van der Waals surface area contributed by atoms with E-state index in [1.807, 2.05) is 12.1 Å². The second kappa shape index (κ2) is 12.3. The van der Waals surface area contributed by atoms with Crippen molar-refractivity contribution in [3.05, 3.63) is 57.6 Å². The molecule has 0 unspecified atom stereocenters. The van der Waals surface area contributed by atoms with Crippen molar-refractivity contribution in [2.24, 2.45) is 0 Å². The van der Waals surface area contributed by atoms with E-state index in [-0.39, 0.29) is 10.8 Å². The number of hydrogen-bond acceptors (Lipinski definition) is 2. The van der Waals surface area contributed by atoms with Gasteiger partial charge >= 0.3 is 0 Å². The van der Waals surface area contributed by atoms with Crippen LogP contribution in [0.25, 0.3) is 0 Å². The van der Waals surface area contributed by atoms with Gasteiger partial charge in [-0.25, -0.2) is 0 Å². The minimum absolute atomic E-state index is 0.0657. The number of ether oxygens (including phenoxy) is 1. The SMILES string of the molecule is CCC(C)(C)c1ccc(OCCCCNC(=S)Nc2cccc(Cl)c2Cl)c(C(C)(C)CC)c1. The molecule has 0 bridgehead atoms. The molecule has 0 atom stereocenters. The Morgan fingerprint density at radius 3 is 2.33 bits per heavy atom. The molecule has 0 heterocycles. The molecule has 6 heteroatoms. The molecule has 3 nitrogen and oxygen atoms in total. The Bertz CT molecular complexity index is 944. The third-order valence-electron chi connectivity index (χ3n) is 6.57. The number of nitrogens with one attached hydrogen (secondary N) is 2. The van der Waals surface area contributed by atoms with Crippen molar-refractivity contribution in [3.8, 4) is 5.75 Å². The maximum absolute atomic E-state index is 6.25. The van der Waals surface area contributed by atoms with Crippen molar-refractivity contribution in [2.45, 2.75) is 78.1 Å². The second-order valence-electron chi connectivity index (χ2n) is 9.72. The summed E-state index contributed by atoms with van der Waals surface area (Å²) in [6.07, 6.45) is 4.04. The fraction of sp³-hybridized carbons (Fsp3) is 0.519. The summed E-state index contributed by atoms with van der Waals surface area (Å²) in [5.41, 5.74) is 3.59. The normalized spacial score (nSPS) is 11.9. The predicted octanol–water partition coefficient (Wildman–Crippen LogP) is 8.51. The highest BCUT2D eigenvalue weighted by Gasteiger charge is 2.26. The van der Waals surface area contributed by atoms with Crippen LogP contribution in [0.5, 0.6) is 5.75 Å². The molecule has 0 saturated carbocycles. The Hall–Kier alpha value is -1.49. The second-order valence-corrected chi connectivity index (χ2v) is 10.9. The molecular weight excluding hydrogens is 471 g/mol. The Morgan fingerprint density at radius 2 is 1.67 bits per heavy atom. The zero-order valence-corrected chi connectivity index (χ0v) is 23.1. The zero-order valence-electron chi connectivity index (χ0n) is 20.8. The maximum atomic E-state index is 6.25. The molecule has 0 amide bonds. The molecule has 2 N–H and O–H groups in total. The molecule has 0 saturated heterocycles. The zero-order chi connectivity index (χ0) is 24.6. The minimum atomic E-state index is 0.0657. The summed E-state index contributed by atoms with van der Waals surface area (Å²) in [6, 6.07) is 12.2. The average Bonchev–Trinajstić information content (AvgIpc) is 2.79. The summed E-state index contributed by atoms with van der Waals surface area (Å²) in [5.74, 6) is 0.998. The first kappa shape index (κ1) is 27.8. The van der Waals surface area contributed by atoms with Gasteiger partial charge in [0.25, 0.3) is 0 Å². The molecule has 0 radical (unpaired) electrons. The molecule has 33 heavy (non-hydrogen) atoms. The average molecular weight is 510 g/mol. The van der Waals surface area contributed by atoms with Crippen molar-refractivity contribution in [2.75, 3.05) is 18.5 Å². The first-order valence-corrected chi connectivity index (χ1v) is 12.9. The van der Waals surface area contributed by atoms with E-state index in [0.29, 0.717) is 27.5 Å². The van der Waals surface area contributed by atoms with Crippen LogP contribution in [-0.4, -0.2) is 18.3 Å². The van der Waals surface area contributed by atoms with Gasteiger partial charge in [-0.15, -0.1) is 0 Å². The first-order chi connectivity index (χ1) is 15.5. The molecule has 2 rings (SSSR count). The summed E-state index contributed by atoms with van der Waals surface area (Å²) < 4.78 is 6.25. The number of rotatable bonds is 11. The van der Waals surface area contributed by atoms with Crippen LogP contribution in [0.2, 0.25) is 10.0 Å². The van der Waals surface area contributed by atoms with Gasteiger partial charge in [-0.3, -0.25) is 0 Å². The molecule has 2 aromatic rings. The van der Waals surface area contributed by atoms with Crippen LogP contribution in [0.3, 0.4) is 0 Å². The first-order valence-electron chi connectivity index (χ1n) is 11.8. The summed E-state index contributed by atoms with van der Waals surface area (Å²) >= 11 is 17.6. The standard InChI is InChI=1S/C27H38Cl2N2OS/c1-7-26(3,4)19-14-15-23(20(18-19)27(5,6)8-2)32-17-10-9-16-30-25(33)31-22-13-11-12-21(28)24(22)29/h11-15,18H,7-10,16-17H2,1-6H3,(H2,30,31,33). The Kier molecular flexibility index (Phi) is 10.3. The van der Waals surface area contributed by atoms with Gasteiger partial charge in [0.1, 0.15) is 5.75 Å². The Labute approximate surface area is 215 Å². The van der Waals surface area contributed by atoms with E-state index in [1.54, 1.807) is 6.07 Å². The number of thiocarbonyl (C=S) groups is 1. The molecule has 0 aromatic heterocycles. The van der Waals surface area contributed by atoms with Crippen LogP contribution in [0.15, 0.2) is 36.4 Å². The predicted molar refractivity (Wildman–Crippen MR) is 148 cm³/mol. The van der Waals surface area contributed by atoms with Crippen LogP contribution < -0.4 is 15.4 Å². The molecule has 0 fully saturated rings. The summed E-state index contributed by atoms with van der Waals surface area (Å²) in [7, 11) is 0. The van der Waals surface area contributed by atoms with Crippen LogP contribution in [0.4, 0.5) is 5.69 Å². The number of unbranched alkanes of at least 4 members (excludes halogenated alkanes) is 1. The minimum Gasteiger partial charge on any atom is -0.493 e. The van der Waals surface area contributed by atoms with Gasteiger partial charge in [0.15, 0.2) is 5.11 Å². The largest absolute Gasteiger partial charge is 0.493 e. The van der Waals surface area contributed by atoms with Gasteiger partial charge in [0.05, 0.1) is 22.3 Å². The van der Waals surface area contributed by atoms with E-state index >= 15 is 0 Å². The van der Waals surface area contributed by atoms with Gasteiger partial charge in [-0.2, -0.15) is 0 Å².